The number of amides is 1. The fourth-order valence-corrected chi connectivity index (χ4v) is 4.29. The van der Waals surface area contributed by atoms with E-state index in [9.17, 15) is 9.59 Å². The summed E-state index contributed by atoms with van der Waals surface area (Å²) in [6.07, 6.45) is 1.47. The molecule has 0 aliphatic rings. The van der Waals surface area contributed by atoms with Gasteiger partial charge in [0.25, 0.3) is 5.91 Å². The molecule has 4 aromatic rings. The number of ether oxygens (including phenoxy) is 2. The van der Waals surface area contributed by atoms with Crippen LogP contribution < -0.4 is 14.9 Å². The maximum Gasteiger partial charge on any atom is 0.308 e. The first kappa shape index (κ1) is 26.9. The first-order valence-electron chi connectivity index (χ1n) is 11.4. The summed E-state index contributed by atoms with van der Waals surface area (Å²) in [5.74, 6) is 0.611. The lowest BCUT2D eigenvalue weighted by atomic mass is 10.1. The first-order valence-corrected chi connectivity index (χ1v) is 12.8. The van der Waals surface area contributed by atoms with Crippen LogP contribution in [0.15, 0.2) is 77.0 Å². The molecule has 1 amide bonds. The van der Waals surface area contributed by atoms with Crippen molar-refractivity contribution < 1.29 is 19.1 Å². The van der Waals surface area contributed by atoms with Gasteiger partial charge in [-0.3, -0.25) is 14.2 Å². The Bertz CT molecular complexity index is 1470. The number of rotatable bonds is 9. The normalized spacial score (nSPS) is 10.9. The summed E-state index contributed by atoms with van der Waals surface area (Å²) < 4.78 is 12.2. The van der Waals surface area contributed by atoms with Crippen molar-refractivity contribution in [3.05, 3.63) is 82.9 Å². The lowest BCUT2D eigenvalue weighted by molar-refractivity contribution is -0.132. The number of aromatic nitrogens is 3. The third-order valence-electron chi connectivity index (χ3n) is 5.20. The zero-order valence-electron chi connectivity index (χ0n) is 20.8. The van der Waals surface area contributed by atoms with Crippen LogP contribution in [0.25, 0.3) is 17.1 Å². The van der Waals surface area contributed by atoms with Gasteiger partial charge in [0.15, 0.2) is 22.5 Å². The fourth-order valence-electron chi connectivity index (χ4n) is 3.42. The summed E-state index contributed by atoms with van der Waals surface area (Å²) in [6.45, 7) is 3.33. The van der Waals surface area contributed by atoms with Gasteiger partial charge in [0, 0.05) is 23.2 Å². The number of benzene rings is 3. The number of hydrogen-bond donors (Lipinski definition) is 1. The Labute approximate surface area is 228 Å². The van der Waals surface area contributed by atoms with Crippen LogP contribution in [0.1, 0.15) is 18.1 Å². The molecule has 38 heavy (non-hydrogen) atoms. The van der Waals surface area contributed by atoms with Crippen molar-refractivity contribution in [3.8, 4) is 28.6 Å². The zero-order chi connectivity index (χ0) is 27.1. The van der Waals surface area contributed by atoms with E-state index in [1.54, 1.807) is 30.3 Å². The van der Waals surface area contributed by atoms with E-state index in [4.69, 9.17) is 21.1 Å². The average Bonchev–Trinajstić information content (AvgIpc) is 3.32. The number of halogens is 1. The second kappa shape index (κ2) is 12.4. The van der Waals surface area contributed by atoms with E-state index in [1.807, 2.05) is 47.9 Å². The predicted molar refractivity (Wildman–Crippen MR) is 147 cm³/mol. The van der Waals surface area contributed by atoms with Crippen LogP contribution in [0.4, 0.5) is 0 Å². The number of aryl methyl sites for hydroxylation is 1. The maximum atomic E-state index is 12.5. The molecule has 3 aromatic carbocycles. The highest BCUT2D eigenvalue weighted by molar-refractivity contribution is 7.99. The van der Waals surface area contributed by atoms with Gasteiger partial charge in [0.05, 0.1) is 19.1 Å². The Morgan fingerprint density at radius 1 is 1.05 bits per heavy atom. The molecule has 0 atom stereocenters. The van der Waals surface area contributed by atoms with E-state index in [2.05, 4.69) is 20.7 Å². The number of hydrazone groups is 1. The Balaban J connectivity index is 1.46. The smallest absolute Gasteiger partial charge is 0.308 e. The quantitative estimate of drug-likeness (QED) is 0.102. The third-order valence-corrected chi connectivity index (χ3v) is 6.39. The number of carbonyl (C=O) groups excluding carboxylic acids is 2. The SMILES string of the molecule is COc1cc(C=NNC(=O)CSc2nnc(-c3ccc(C)cc3)n2-c2ccc(Cl)cc2)ccc1OC(C)=O. The van der Waals surface area contributed by atoms with E-state index in [1.165, 1.54) is 32.0 Å². The zero-order valence-corrected chi connectivity index (χ0v) is 22.4. The van der Waals surface area contributed by atoms with Crippen LogP contribution in [0.3, 0.4) is 0 Å². The number of carbonyl (C=O) groups is 2. The highest BCUT2D eigenvalue weighted by Crippen LogP contribution is 2.29. The molecular weight excluding hydrogens is 526 g/mol. The van der Waals surface area contributed by atoms with Gasteiger partial charge >= 0.3 is 5.97 Å². The van der Waals surface area contributed by atoms with Crippen LogP contribution in [-0.2, 0) is 9.59 Å². The first-order chi connectivity index (χ1) is 18.3. The highest BCUT2D eigenvalue weighted by atomic mass is 35.5. The number of esters is 1. The molecule has 0 unspecified atom stereocenters. The second-order valence-electron chi connectivity index (χ2n) is 8.07. The van der Waals surface area contributed by atoms with Crippen molar-refractivity contribution in [2.24, 2.45) is 5.10 Å². The van der Waals surface area contributed by atoms with Crippen molar-refractivity contribution in [3.63, 3.8) is 0 Å². The van der Waals surface area contributed by atoms with E-state index in [-0.39, 0.29) is 11.7 Å². The second-order valence-corrected chi connectivity index (χ2v) is 9.45. The molecule has 0 aliphatic carbocycles. The largest absolute Gasteiger partial charge is 0.493 e. The van der Waals surface area contributed by atoms with Crippen LogP contribution in [0.2, 0.25) is 5.02 Å². The molecular formula is C27H24ClN5O4S. The van der Waals surface area contributed by atoms with Gasteiger partial charge in [-0.2, -0.15) is 5.10 Å². The average molecular weight is 550 g/mol. The molecule has 0 radical (unpaired) electrons. The molecule has 0 aliphatic heterocycles. The molecule has 0 bridgehead atoms. The van der Waals surface area contributed by atoms with Crippen molar-refractivity contribution in [2.75, 3.05) is 12.9 Å². The molecule has 1 N–H and O–H groups in total. The monoisotopic (exact) mass is 549 g/mol. The summed E-state index contributed by atoms with van der Waals surface area (Å²) in [5, 5.41) is 13.9. The Kier molecular flexibility index (Phi) is 8.77. The lowest BCUT2D eigenvalue weighted by Crippen LogP contribution is -2.20. The lowest BCUT2D eigenvalue weighted by Gasteiger charge is -2.10. The minimum atomic E-state index is -0.452. The Morgan fingerprint density at radius 3 is 2.47 bits per heavy atom. The summed E-state index contributed by atoms with van der Waals surface area (Å²) in [6, 6.07) is 20.2. The predicted octanol–water partition coefficient (Wildman–Crippen LogP) is 5.07. The van der Waals surface area contributed by atoms with Gasteiger partial charge in [-0.25, -0.2) is 5.43 Å². The summed E-state index contributed by atoms with van der Waals surface area (Å²) >= 11 is 7.32. The van der Waals surface area contributed by atoms with Crippen LogP contribution >= 0.6 is 23.4 Å². The number of nitrogens with zero attached hydrogens (tertiary/aromatic N) is 4. The van der Waals surface area contributed by atoms with Gasteiger partial charge < -0.3 is 9.47 Å². The van der Waals surface area contributed by atoms with Crippen molar-refractivity contribution >= 4 is 41.5 Å². The summed E-state index contributed by atoms with van der Waals surface area (Å²) in [4.78, 5) is 23.7. The molecule has 4 rings (SSSR count). The molecule has 0 saturated heterocycles. The van der Waals surface area contributed by atoms with Crippen LogP contribution in [-0.4, -0.2) is 45.7 Å². The maximum absolute atomic E-state index is 12.5. The fraction of sp³-hybridized carbons (Fsp3) is 0.148. The van der Waals surface area contributed by atoms with E-state index < -0.39 is 5.97 Å². The number of nitrogens with one attached hydrogen (secondary N) is 1. The topological polar surface area (TPSA) is 108 Å². The highest BCUT2D eigenvalue weighted by Gasteiger charge is 2.17. The molecule has 1 heterocycles. The minimum Gasteiger partial charge on any atom is -0.493 e. The van der Waals surface area contributed by atoms with E-state index in [0.717, 1.165) is 16.8 Å². The molecule has 0 fully saturated rings. The molecule has 9 nitrogen and oxygen atoms in total. The van der Waals surface area contributed by atoms with Crippen molar-refractivity contribution in [1.82, 2.24) is 20.2 Å². The van der Waals surface area contributed by atoms with Crippen molar-refractivity contribution in [1.29, 1.82) is 0 Å². The number of hydrogen-bond acceptors (Lipinski definition) is 8. The van der Waals surface area contributed by atoms with Gasteiger partial charge in [-0.15, -0.1) is 10.2 Å². The minimum absolute atomic E-state index is 0.0612. The van der Waals surface area contributed by atoms with Gasteiger partial charge in [0.2, 0.25) is 0 Å². The Hall–Kier alpha value is -4.15. The summed E-state index contributed by atoms with van der Waals surface area (Å²) in [7, 11) is 1.47. The molecule has 194 valence electrons. The van der Waals surface area contributed by atoms with Crippen molar-refractivity contribution in [2.45, 2.75) is 19.0 Å². The molecule has 1 aromatic heterocycles. The summed E-state index contributed by atoms with van der Waals surface area (Å²) in [5.41, 5.74) is 6.01. The van der Waals surface area contributed by atoms with Crippen LogP contribution in [0, 0.1) is 6.92 Å². The van der Waals surface area contributed by atoms with E-state index >= 15 is 0 Å². The Morgan fingerprint density at radius 2 is 1.79 bits per heavy atom. The van der Waals surface area contributed by atoms with Gasteiger partial charge in [-0.1, -0.05) is 53.2 Å². The van der Waals surface area contributed by atoms with Crippen LogP contribution in [0.5, 0.6) is 11.5 Å². The van der Waals surface area contributed by atoms with Gasteiger partial charge in [-0.05, 0) is 55.0 Å². The standard InChI is InChI=1S/C27H24ClN5O4S/c1-17-4-7-20(8-5-17)26-31-32-27(33(26)22-11-9-21(28)10-12-22)38-16-25(35)30-29-15-19-6-13-23(37-18(2)34)24(14-19)36-3/h4-15H,16H2,1-3H3,(H,30,35). The number of methoxy groups -OCH3 is 1. The van der Waals surface area contributed by atoms with Gasteiger partial charge in [0.1, 0.15) is 0 Å². The number of thioether (sulfide) groups is 1. The third kappa shape index (κ3) is 6.78. The molecule has 0 spiro atoms. The van der Waals surface area contributed by atoms with E-state index in [0.29, 0.717) is 33.1 Å². The molecule has 0 saturated carbocycles. The molecule has 11 heteroatoms.